The largest absolute Gasteiger partial charge is 0.378 e. The van der Waals surface area contributed by atoms with Crippen LogP contribution in [0, 0.1) is 12.8 Å². The highest BCUT2D eigenvalue weighted by atomic mass is 32.1. The van der Waals surface area contributed by atoms with Crippen molar-refractivity contribution in [3.63, 3.8) is 0 Å². The van der Waals surface area contributed by atoms with Crippen LogP contribution in [0.4, 0.5) is 5.82 Å². The summed E-state index contributed by atoms with van der Waals surface area (Å²) in [5.41, 5.74) is 0.968. The number of piperidine rings is 1. The highest BCUT2D eigenvalue weighted by Gasteiger charge is 2.22. The lowest BCUT2D eigenvalue weighted by Gasteiger charge is -2.30. The number of nitrogens with zero attached hydrogens (tertiary/aromatic N) is 5. The van der Waals surface area contributed by atoms with Gasteiger partial charge in [0.05, 0.1) is 19.8 Å². The van der Waals surface area contributed by atoms with Crippen molar-refractivity contribution in [1.29, 1.82) is 0 Å². The Morgan fingerprint density at radius 2 is 1.84 bits per heavy atom. The van der Waals surface area contributed by atoms with E-state index in [1.807, 2.05) is 6.92 Å². The van der Waals surface area contributed by atoms with E-state index in [9.17, 15) is 0 Å². The van der Waals surface area contributed by atoms with Crippen molar-refractivity contribution in [2.24, 2.45) is 5.92 Å². The molecule has 0 spiro atoms. The summed E-state index contributed by atoms with van der Waals surface area (Å²) in [6, 6.07) is 0. The van der Waals surface area contributed by atoms with Gasteiger partial charge in [-0.3, -0.25) is 4.90 Å². The van der Waals surface area contributed by atoms with Crippen LogP contribution in [-0.4, -0.2) is 59.2 Å². The Labute approximate surface area is 153 Å². The average Bonchev–Trinajstić information content (AvgIpc) is 3.04. The molecule has 7 heteroatoms. The fourth-order valence-corrected chi connectivity index (χ4v) is 4.78. The third-order valence-electron chi connectivity index (χ3n) is 5.35. The monoisotopic (exact) mass is 361 g/mol. The van der Waals surface area contributed by atoms with Crippen LogP contribution in [0.15, 0.2) is 0 Å². The van der Waals surface area contributed by atoms with Crippen LogP contribution in [0.1, 0.15) is 37.0 Å². The van der Waals surface area contributed by atoms with E-state index >= 15 is 0 Å². The molecule has 0 unspecified atom stereocenters. The van der Waals surface area contributed by atoms with Gasteiger partial charge in [-0.2, -0.15) is 0 Å². The molecule has 0 radical (unpaired) electrons. The van der Waals surface area contributed by atoms with Gasteiger partial charge in [0.25, 0.3) is 0 Å². The van der Waals surface area contributed by atoms with E-state index in [4.69, 9.17) is 14.7 Å². The molecule has 0 bridgehead atoms. The number of aryl methyl sites for hydroxylation is 1. The number of anilines is 1. The first-order chi connectivity index (χ1) is 12.2. The summed E-state index contributed by atoms with van der Waals surface area (Å²) in [5.74, 6) is 2.72. The summed E-state index contributed by atoms with van der Waals surface area (Å²) < 4.78 is 5.48. The molecule has 4 heterocycles. The van der Waals surface area contributed by atoms with Crippen molar-refractivity contribution in [2.75, 3.05) is 44.3 Å². The Morgan fingerprint density at radius 1 is 1.08 bits per heavy atom. The highest BCUT2D eigenvalue weighted by Crippen LogP contribution is 2.30. The number of thiazole rings is 1. The molecule has 0 amide bonds. The summed E-state index contributed by atoms with van der Waals surface area (Å²) in [6.45, 7) is 10.9. The summed E-state index contributed by atoms with van der Waals surface area (Å²) in [4.78, 5) is 20.1. The molecule has 2 aliphatic rings. The molecule has 6 nitrogen and oxygen atoms in total. The smallest absolute Gasteiger partial charge is 0.160 e. The van der Waals surface area contributed by atoms with Crippen LogP contribution < -0.4 is 4.90 Å². The van der Waals surface area contributed by atoms with Gasteiger partial charge in [-0.1, -0.05) is 24.7 Å². The highest BCUT2D eigenvalue weighted by molar-refractivity contribution is 7.18. The molecule has 4 rings (SSSR count). The number of ether oxygens (including phenoxy) is 1. The van der Waals surface area contributed by atoms with Crippen molar-refractivity contribution in [1.82, 2.24) is 19.9 Å². The Kier molecular flexibility index (Phi) is 5.15. The first-order valence-corrected chi connectivity index (χ1v) is 10.2. The van der Waals surface area contributed by atoms with Crippen molar-refractivity contribution < 1.29 is 4.74 Å². The standard InChI is InChI=1S/C18H27N5OS/c1-3-14-4-6-22(7-5-14)12-15-21-16-17(23-8-10-24-11-9-23)19-13(2)20-18(16)25-15/h14H,3-12H2,1-2H3. The third-order valence-corrected chi connectivity index (χ3v) is 6.28. The van der Waals surface area contributed by atoms with Crippen LogP contribution in [-0.2, 0) is 11.3 Å². The van der Waals surface area contributed by atoms with Gasteiger partial charge in [0.1, 0.15) is 21.2 Å². The minimum absolute atomic E-state index is 0.758. The maximum Gasteiger partial charge on any atom is 0.160 e. The fourth-order valence-electron chi connectivity index (χ4n) is 3.76. The van der Waals surface area contributed by atoms with Gasteiger partial charge in [0.2, 0.25) is 0 Å². The second kappa shape index (κ2) is 7.51. The summed E-state index contributed by atoms with van der Waals surface area (Å²) in [5, 5.41) is 1.17. The molecule has 136 valence electrons. The Morgan fingerprint density at radius 3 is 2.56 bits per heavy atom. The van der Waals surface area contributed by atoms with Crippen molar-refractivity contribution in [3.05, 3.63) is 10.8 Å². The maximum atomic E-state index is 5.48. The van der Waals surface area contributed by atoms with Gasteiger partial charge in [-0.15, -0.1) is 0 Å². The first kappa shape index (κ1) is 17.1. The molecule has 2 aliphatic heterocycles. The predicted octanol–water partition coefficient (Wildman–Crippen LogP) is 2.85. The minimum Gasteiger partial charge on any atom is -0.378 e. The van der Waals surface area contributed by atoms with Crippen molar-refractivity contribution in [3.8, 4) is 0 Å². The van der Waals surface area contributed by atoms with Crippen LogP contribution in [0.25, 0.3) is 10.3 Å². The van der Waals surface area contributed by atoms with E-state index < -0.39 is 0 Å². The zero-order valence-corrected chi connectivity index (χ0v) is 16.0. The maximum absolute atomic E-state index is 5.48. The number of hydrogen-bond donors (Lipinski definition) is 0. The van der Waals surface area contributed by atoms with Crippen LogP contribution in [0.3, 0.4) is 0 Å². The van der Waals surface area contributed by atoms with E-state index in [-0.39, 0.29) is 0 Å². The molecule has 2 aromatic rings. The van der Waals surface area contributed by atoms with Crippen LogP contribution in [0.2, 0.25) is 0 Å². The predicted molar refractivity (Wildman–Crippen MR) is 101 cm³/mol. The van der Waals surface area contributed by atoms with E-state index in [0.29, 0.717) is 0 Å². The average molecular weight is 362 g/mol. The van der Waals surface area contributed by atoms with Gasteiger partial charge >= 0.3 is 0 Å². The molecule has 0 saturated carbocycles. The molecule has 0 aromatic carbocycles. The van der Waals surface area contributed by atoms with E-state index in [1.54, 1.807) is 11.3 Å². The number of rotatable bonds is 4. The molecule has 25 heavy (non-hydrogen) atoms. The van der Waals surface area contributed by atoms with Gasteiger partial charge in [-0.25, -0.2) is 15.0 Å². The number of morpholine rings is 1. The van der Waals surface area contributed by atoms with Crippen LogP contribution in [0.5, 0.6) is 0 Å². The molecule has 0 aliphatic carbocycles. The molecule has 2 saturated heterocycles. The Hall–Kier alpha value is -1.31. The van der Waals surface area contributed by atoms with E-state index in [1.165, 1.54) is 37.4 Å². The lowest BCUT2D eigenvalue weighted by atomic mass is 9.94. The van der Waals surface area contributed by atoms with Crippen LogP contribution >= 0.6 is 11.3 Å². The van der Waals surface area contributed by atoms with Gasteiger partial charge < -0.3 is 9.64 Å². The number of fused-ring (bicyclic) bond motifs is 1. The molecular formula is C18H27N5OS. The first-order valence-electron chi connectivity index (χ1n) is 9.42. The normalized spacial score (nSPS) is 20.5. The quantitative estimate of drug-likeness (QED) is 0.835. The zero-order chi connectivity index (χ0) is 17.2. The molecule has 0 atom stereocenters. The van der Waals surface area contributed by atoms with Gasteiger partial charge in [-0.05, 0) is 38.8 Å². The minimum atomic E-state index is 0.758. The van der Waals surface area contributed by atoms with Crippen molar-refractivity contribution in [2.45, 2.75) is 39.7 Å². The zero-order valence-electron chi connectivity index (χ0n) is 15.2. The second-order valence-electron chi connectivity index (χ2n) is 7.08. The van der Waals surface area contributed by atoms with E-state index in [0.717, 1.165) is 60.8 Å². The third kappa shape index (κ3) is 3.78. The van der Waals surface area contributed by atoms with Gasteiger partial charge in [0, 0.05) is 13.1 Å². The Bertz CT molecular complexity index is 720. The van der Waals surface area contributed by atoms with Crippen molar-refractivity contribution >= 4 is 27.5 Å². The number of hydrogen-bond acceptors (Lipinski definition) is 7. The topological polar surface area (TPSA) is 54.4 Å². The van der Waals surface area contributed by atoms with E-state index in [2.05, 4.69) is 21.7 Å². The summed E-state index contributed by atoms with van der Waals surface area (Å²) in [7, 11) is 0. The fraction of sp³-hybridized carbons (Fsp3) is 0.722. The number of likely N-dealkylation sites (tertiary alicyclic amines) is 1. The SMILES string of the molecule is CCC1CCN(Cc2nc3c(N4CCOCC4)nc(C)nc3s2)CC1. The second-order valence-corrected chi connectivity index (χ2v) is 8.15. The molecule has 0 N–H and O–H groups in total. The number of aromatic nitrogens is 3. The lowest BCUT2D eigenvalue weighted by Crippen LogP contribution is -2.37. The molecular weight excluding hydrogens is 334 g/mol. The van der Waals surface area contributed by atoms with Gasteiger partial charge in [0.15, 0.2) is 5.82 Å². The summed E-state index contributed by atoms with van der Waals surface area (Å²) >= 11 is 1.73. The molecule has 2 fully saturated rings. The lowest BCUT2D eigenvalue weighted by molar-refractivity contribution is 0.122. The molecule has 2 aromatic heterocycles. The summed E-state index contributed by atoms with van der Waals surface area (Å²) in [6.07, 6.45) is 3.95. The Balaban J connectivity index is 1.55.